The molecule has 3 rings (SSSR count). The van der Waals surface area contributed by atoms with Crippen LogP contribution in [0.4, 0.5) is 5.69 Å². The molecule has 26 heavy (non-hydrogen) atoms. The number of anilines is 1. The Kier molecular flexibility index (Phi) is 4.99. The molecule has 130 valence electrons. The number of benzene rings is 3. The number of ether oxygens (including phenoxy) is 1. The maximum absolute atomic E-state index is 12.5. The predicted octanol–water partition coefficient (Wildman–Crippen LogP) is 4.64. The van der Waals surface area contributed by atoms with Crippen LogP contribution in [-0.2, 0) is 0 Å². The van der Waals surface area contributed by atoms with E-state index in [4.69, 9.17) is 4.74 Å². The van der Waals surface area contributed by atoms with E-state index < -0.39 is 5.91 Å². The van der Waals surface area contributed by atoms with Crippen molar-refractivity contribution in [2.24, 2.45) is 0 Å². The fourth-order valence-electron chi connectivity index (χ4n) is 2.38. The number of hydrogen-bond acceptors (Lipinski definition) is 4. The number of rotatable bonds is 5. The minimum absolute atomic E-state index is 0.111. The van der Waals surface area contributed by atoms with E-state index >= 15 is 0 Å². The standard InChI is InChI=1S/C21H17NO4/c1-14(23)15-10-11-20(24)19(13-15)22-21(25)16-6-5-9-18(12-16)26-17-7-3-2-4-8-17/h2-13,24H,1H3,(H,22,25). The minimum Gasteiger partial charge on any atom is -0.506 e. The third kappa shape index (κ3) is 4.08. The highest BCUT2D eigenvalue weighted by molar-refractivity contribution is 6.06. The van der Waals surface area contributed by atoms with Gasteiger partial charge in [0.2, 0.25) is 0 Å². The first-order valence-corrected chi connectivity index (χ1v) is 8.01. The summed E-state index contributed by atoms with van der Waals surface area (Å²) in [5.74, 6) is 0.501. The molecule has 0 atom stereocenters. The number of ketones is 1. The normalized spacial score (nSPS) is 10.2. The summed E-state index contributed by atoms with van der Waals surface area (Å²) in [5, 5.41) is 12.5. The zero-order valence-electron chi connectivity index (χ0n) is 14.1. The van der Waals surface area contributed by atoms with E-state index in [0.29, 0.717) is 22.6 Å². The average molecular weight is 347 g/mol. The quantitative estimate of drug-likeness (QED) is 0.521. The van der Waals surface area contributed by atoms with Gasteiger partial charge < -0.3 is 15.2 Å². The van der Waals surface area contributed by atoms with Crippen LogP contribution in [0.3, 0.4) is 0 Å². The first kappa shape index (κ1) is 17.2. The molecule has 2 N–H and O–H groups in total. The molecule has 0 saturated carbocycles. The van der Waals surface area contributed by atoms with Crippen LogP contribution in [0, 0.1) is 0 Å². The monoisotopic (exact) mass is 347 g/mol. The van der Waals surface area contributed by atoms with E-state index in [9.17, 15) is 14.7 Å². The molecule has 0 radical (unpaired) electrons. The molecule has 0 saturated heterocycles. The number of carbonyl (C=O) groups excluding carboxylic acids is 2. The molecule has 0 bridgehead atoms. The van der Waals surface area contributed by atoms with Crippen LogP contribution in [0.25, 0.3) is 0 Å². The third-order valence-corrected chi connectivity index (χ3v) is 3.73. The molecule has 0 fully saturated rings. The van der Waals surface area contributed by atoms with Crippen molar-refractivity contribution in [3.63, 3.8) is 0 Å². The molecular formula is C21H17NO4. The Hall–Kier alpha value is -3.60. The molecule has 1 amide bonds. The SMILES string of the molecule is CC(=O)c1ccc(O)c(NC(=O)c2cccc(Oc3ccccc3)c2)c1. The van der Waals surface area contributed by atoms with Gasteiger partial charge in [-0.3, -0.25) is 9.59 Å². The lowest BCUT2D eigenvalue weighted by atomic mass is 10.1. The second kappa shape index (κ2) is 7.53. The molecule has 0 aromatic heterocycles. The number of hydrogen-bond donors (Lipinski definition) is 2. The maximum atomic E-state index is 12.5. The zero-order chi connectivity index (χ0) is 18.5. The van der Waals surface area contributed by atoms with Crippen LogP contribution in [0.15, 0.2) is 72.8 Å². The maximum Gasteiger partial charge on any atom is 0.255 e. The molecule has 0 aliphatic rings. The van der Waals surface area contributed by atoms with Crippen LogP contribution in [0.1, 0.15) is 27.6 Å². The highest BCUT2D eigenvalue weighted by Gasteiger charge is 2.12. The molecular weight excluding hydrogens is 330 g/mol. The highest BCUT2D eigenvalue weighted by Crippen LogP contribution is 2.26. The zero-order valence-corrected chi connectivity index (χ0v) is 14.1. The van der Waals surface area contributed by atoms with Crippen molar-refractivity contribution in [2.45, 2.75) is 6.92 Å². The Morgan fingerprint density at radius 1 is 0.846 bits per heavy atom. The number of Topliss-reactive ketones (excluding diaryl/α,β-unsaturated/α-hetero) is 1. The summed E-state index contributed by atoms with van der Waals surface area (Å²) in [5.41, 5.74) is 0.947. The molecule has 5 nitrogen and oxygen atoms in total. The first-order chi connectivity index (χ1) is 12.5. The second-order valence-electron chi connectivity index (χ2n) is 5.69. The Balaban J connectivity index is 1.79. The summed E-state index contributed by atoms with van der Waals surface area (Å²) in [7, 11) is 0. The average Bonchev–Trinajstić information content (AvgIpc) is 2.64. The van der Waals surface area contributed by atoms with Gasteiger partial charge in [-0.25, -0.2) is 0 Å². The van der Waals surface area contributed by atoms with Crippen molar-refractivity contribution in [2.75, 3.05) is 5.32 Å². The molecule has 0 unspecified atom stereocenters. The first-order valence-electron chi connectivity index (χ1n) is 8.01. The van der Waals surface area contributed by atoms with Crippen LogP contribution >= 0.6 is 0 Å². The fraction of sp³-hybridized carbons (Fsp3) is 0.0476. The molecule has 3 aromatic carbocycles. The van der Waals surface area contributed by atoms with Crippen molar-refractivity contribution in [3.8, 4) is 17.2 Å². The number of amides is 1. The Bertz CT molecular complexity index is 951. The van der Waals surface area contributed by atoms with Gasteiger partial charge in [0.15, 0.2) is 5.78 Å². The van der Waals surface area contributed by atoms with Crippen molar-refractivity contribution in [3.05, 3.63) is 83.9 Å². The van der Waals surface area contributed by atoms with Gasteiger partial charge in [0.05, 0.1) is 5.69 Å². The largest absolute Gasteiger partial charge is 0.506 e. The van der Waals surface area contributed by atoms with Gasteiger partial charge in [-0.2, -0.15) is 0 Å². The van der Waals surface area contributed by atoms with E-state index in [-0.39, 0.29) is 17.2 Å². The molecule has 3 aromatic rings. The van der Waals surface area contributed by atoms with Gasteiger partial charge in [0.1, 0.15) is 17.2 Å². The van der Waals surface area contributed by atoms with Crippen LogP contribution in [0.5, 0.6) is 17.2 Å². The second-order valence-corrected chi connectivity index (χ2v) is 5.69. The lowest BCUT2D eigenvalue weighted by molar-refractivity contribution is 0.101. The Morgan fingerprint density at radius 3 is 2.31 bits per heavy atom. The van der Waals surface area contributed by atoms with E-state index in [0.717, 1.165) is 0 Å². The van der Waals surface area contributed by atoms with Crippen molar-refractivity contribution < 1.29 is 19.4 Å². The van der Waals surface area contributed by atoms with Crippen molar-refractivity contribution in [1.82, 2.24) is 0 Å². The van der Waals surface area contributed by atoms with Gasteiger partial charge in [0.25, 0.3) is 5.91 Å². The van der Waals surface area contributed by atoms with Crippen molar-refractivity contribution >= 4 is 17.4 Å². The van der Waals surface area contributed by atoms with Gasteiger partial charge in [-0.15, -0.1) is 0 Å². The molecule has 0 heterocycles. The van der Waals surface area contributed by atoms with E-state index in [1.807, 2.05) is 30.3 Å². The number of phenols is 1. The summed E-state index contributed by atoms with van der Waals surface area (Å²) < 4.78 is 5.72. The van der Waals surface area contributed by atoms with Gasteiger partial charge in [-0.05, 0) is 55.5 Å². The summed E-state index contributed by atoms with van der Waals surface area (Å²) in [4.78, 5) is 24.0. The van der Waals surface area contributed by atoms with E-state index in [2.05, 4.69) is 5.32 Å². The van der Waals surface area contributed by atoms with Crippen LogP contribution < -0.4 is 10.1 Å². The Labute approximate surface area is 150 Å². The summed E-state index contributed by atoms with van der Waals surface area (Å²) in [6, 6.07) is 20.3. The molecule has 0 aliphatic heterocycles. The smallest absolute Gasteiger partial charge is 0.255 e. The van der Waals surface area contributed by atoms with Crippen LogP contribution in [-0.4, -0.2) is 16.8 Å². The predicted molar refractivity (Wildman–Crippen MR) is 99.0 cm³/mol. The van der Waals surface area contributed by atoms with Gasteiger partial charge >= 0.3 is 0 Å². The fourth-order valence-corrected chi connectivity index (χ4v) is 2.38. The summed E-state index contributed by atoms with van der Waals surface area (Å²) in [6.45, 7) is 1.42. The van der Waals surface area contributed by atoms with Gasteiger partial charge in [-0.1, -0.05) is 24.3 Å². The van der Waals surface area contributed by atoms with Crippen LogP contribution in [0.2, 0.25) is 0 Å². The lowest BCUT2D eigenvalue weighted by Crippen LogP contribution is -2.12. The van der Waals surface area contributed by atoms with E-state index in [1.165, 1.54) is 25.1 Å². The minimum atomic E-state index is -0.417. The third-order valence-electron chi connectivity index (χ3n) is 3.73. The van der Waals surface area contributed by atoms with Gasteiger partial charge in [0, 0.05) is 11.1 Å². The summed E-state index contributed by atoms with van der Waals surface area (Å²) >= 11 is 0. The number of carbonyl (C=O) groups is 2. The highest BCUT2D eigenvalue weighted by atomic mass is 16.5. The Morgan fingerprint density at radius 2 is 1.58 bits per heavy atom. The number of aromatic hydroxyl groups is 1. The number of phenolic OH excluding ortho intramolecular Hbond substituents is 1. The molecule has 0 aliphatic carbocycles. The topological polar surface area (TPSA) is 75.6 Å². The molecule has 0 spiro atoms. The van der Waals surface area contributed by atoms with E-state index in [1.54, 1.807) is 24.3 Å². The lowest BCUT2D eigenvalue weighted by Gasteiger charge is -2.10. The van der Waals surface area contributed by atoms with Crippen molar-refractivity contribution in [1.29, 1.82) is 0 Å². The summed E-state index contributed by atoms with van der Waals surface area (Å²) in [6.07, 6.45) is 0. The number of nitrogens with one attached hydrogen (secondary N) is 1. The molecule has 5 heteroatoms. The number of para-hydroxylation sites is 1.